The van der Waals surface area contributed by atoms with Crippen LogP contribution in [0.15, 0.2) is 49.2 Å². The van der Waals surface area contributed by atoms with Crippen LogP contribution in [-0.2, 0) is 0 Å². The second-order valence-corrected chi connectivity index (χ2v) is 2.19. The van der Waals surface area contributed by atoms with Gasteiger partial charge in [0.1, 0.15) is 0 Å². The quantitative estimate of drug-likeness (QED) is 0.686. The van der Waals surface area contributed by atoms with E-state index in [1.54, 1.807) is 12.3 Å². The molecular formula is C12H17N. The van der Waals surface area contributed by atoms with Crippen LogP contribution in [0, 0.1) is 0 Å². The van der Waals surface area contributed by atoms with Gasteiger partial charge in [-0.3, -0.25) is 0 Å². The van der Waals surface area contributed by atoms with Crippen LogP contribution in [0.25, 0.3) is 5.57 Å². The highest BCUT2D eigenvalue weighted by molar-refractivity contribution is 5.72. The smallest absolute Gasteiger partial charge is 0.00173 e. The van der Waals surface area contributed by atoms with Gasteiger partial charge in [0, 0.05) is 6.20 Å². The van der Waals surface area contributed by atoms with E-state index >= 15 is 0 Å². The molecule has 1 aromatic carbocycles. The lowest BCUT2D eigenvalue weighted by Crippen LogP contribution is -1.85. The van der Waals surface area contributed by atoms with Crippen molar-refractivity contribution < 1.29 is 0 Å². The molecule has 0 aliphatic carbocycles. The number of nitrogens with two attached hydrogens (primary N) is 1. The summed E-state index contributed by atoms with van der Waals surface area (Å²) in [6.07, 6.45) is 3.30. The first-order valence-electron chi connectivity index (χ1n) is 4.48. The summed E-state index contributed by atoms with van der Waals surface area (Å²) in [5, 5.41) is 0. The molecule has 0 bridgehead atoms. The van der Waals surface area contributed by atoms with Crippen LogP contribution in [0.3, 0.4) is 0 Å². The number of hydrogen-bond donors (Lipinski definition) is 1. The molecule has 1 rings (SSSR count). The largest absolute Gasteiger partial charge is 0.404 e. The van der Waals surface area contributed by atoms with Crippen molar-refractivity contribution in [2.75, 3.05) is 0 Å². The lowest BCUT2D eigenvalue weighted by Gasteiger charge is -1.98. The molecule has 0 heterocycles. The first kappa shape index (κ1) is 11.5. The predicted molar refractivity (Wildman–Crippen MR) is 60.2 cm³/mol. The normalized spacial score (nSPS) is 9.85. The van der Waals surface area contributed by atoms with Crippen molar-refractivity contribution >= 4 is 5.57 Å². The summed E-state index contributed by atoms with van der Waals surface area (Å²) >= 11 is 0. The van der Waals surface area contributed by atoms with Crippen LogP contribution in [0.2, 0.25) is 0 Å². The predicted octanol–water partition coefficient (Wildman–Crippen LogP) is 3.20. The van der Waals surface area contributed by atoms with Gasteiger partial charge >= 0.3 is 0 Å². The lowest BCUT2D eigenvalue weighted by molar-refractivity contribution is 1.50. The Balaban J connectivity index is 0.000000671. The van der Waals surface area contributed by atoms with E-state index in [-0.39, 0.29) is 0 Å². The molecule has 2 N–H and O–H groups in total. The van der Waals surface area contributed by atoms with Gasteiger partial charge in [-0.05, 0) is 11.1 Å². The molecule has 0 aliphatic rings. The number of allylic oxidation sites excluding steroid dienone is 2. The minimum absolute atomic E-state index is 0.964. The highest BCUT2D eigenvalue weighted by atomic mass is 14.5. The van der Waals surface area contributed by atoms with E-state index in [9.17, 15) is 0 Å². The van der Waals surface area contributed by atoms with Crippen LogP contribution < -0.4 is 5.73 Å². The zero-order valence-electron chi connectivity index (χ0n) is 8.33. The van der Waals surface area contributed by atoms with Crippen LogP contribution in [0.1, 0.15) is 19.4 Å². The third-order valence-corrected chi connectivity index (χ3v) is 1.51. The first-order chi connectivity index (χ1) is 6.38. The third kappa shape index (κ3) is 3.61. The van der Waals surface area contributed by atoms with Gasteiger partial charge in [0.2, 0.25) is 0 Å². The summed E-state index contributed by atoms with van der Waals surface area (Å²) in [5.41, 5.74) is 7.45. The molecule has 1 aromatic rings. The zero-order valence-corrected chi connectivity index (χ0v) is 8.33. The minimum Gasteiger partial charge on any atom is -0.404 e. The van der Waals surface area contributed by atoms with Crippen molar-refractivity contribution in [3.8, 4) is 0 Å². The Morgan fingerprint density at radius 2 is 1.77 bits per heavy atom. The SMILES string of the molecule is C=C/C(=C\N)c1ccccc1.CC. The summed E-state index contributed by atoms with van der Waals surface area (Å²) < 4.78 is 0. The second-order valence-electron chi connectivity index (χ2n) is 2.19. The molecule has 0 fully saturated rings. The van der Waals surface area contributed by atoms with Crippen molar-refractivity contribution in [1.29, 1.82) is 0 Å². The Hall–Kier alpha value is -1.50. The molecule has 0 aromatic heterocycles. The molecule has 1 nitrogen and oxygen atoms in total. The summed E-state index contributed by atoms with van der Waals surface area (Å²) in [4.78, 5) is 0. The Labute approximate surface area is 80.6 Å². The molecule has 0 amide bonds. The van der Waals surface area contributed by atoms with Crippen molar-refractivity contribution in [2.24, 2.45) is 5.73 Å². The summed E-state index contributed by atoms with van der Waals surface area (Å²) in [6.45, 7) is 7.66. The lowest BCUT2D eigenvalue weighted by atomic mass is 10.1. The first-order valence-corrected chi connectivity index (χ1v) is 4.48. The average Bonchev–Trinajstić information content (AvgIpc) is 2.24. The monoisotopic (exact) mass is 175 g/mol. The minimum atomic E-state index is 0.964. The van der Waals surface area contributed by atoms with Gasteiger partial charge in [-0.2, -0.15) is 0 Å². The van der Waals surface area contributed by atoms with E-state index in [0.717, 1.165) is 11.1 Å². The molecule has 0 spiro atoms. The van der Waals surface area contributed by atoms with Crippen molar-refractivity contribution in [3.05, 3.63) is 54.8 Å². The maximum Gasteiger partial charge on any atom is 0.00173 e. The molecule has 0 saturated carbocycles. The highest BCUT2D eigenvalue weighted by Gasteiger charge is 1.92. The van der Waals surface area contributed by atoms with Crippen molar-refractivity contribution in [3.63, 3.8) is 0 Å². The van der Waals surface area contributed by atoms with E-state index in [1.807, 2.05) is 44.2 Å². The van der Waals surface area contributed by atoms with Gasteiger partial charge in [-0.1, -0.05) is 56.8 Å². The Morgan fingerprint density at radius 3 is 2.15 bits per heavy atom. The van der Waals surface area contributed by atoms with Crippen LogP contribution in [0.5, 0.6) is 0 Å². The average molecular weight is 175 g/mol. The number of hydrogen-bond acceptors (Lipinski definition) is 1. The van der Waals surface area contributed by atoms with E-state index in [0.29, 0.717) is 0 Å². The van der Waals surface area contributed by atoms with Gasteiger partial charge in [0.15, 0.2) is 0 Å². The highest BCUT2D eigenvalue weighted by Crippen LogP contribution is 2.12. The third-order valence-electron chi connectivity index (χ3n) is 1.51. The van der Waals surface area contributed by atoms with E-state index < -0.39 is 0 Å². The van der Waals surface area contributed by atoms with E-state index in [4.69, 9.17) is 5.73 Å². The van der Waals surface area contributed by atoms with Crippen LogP contribution >= 0.6 is 0 Å². The number of benzene rings is 1. The zero-order chi connectivity index (χ0) is 10.1. The fourth-order valence-corrected chi connectivity index (χ4v) is 0.913. The summed E-state index contributed by atoms with van der Waals surface area (Å²) in [7, 11) is 0. The molecule has 70 valence electrons. The maximum absolute atomic E-state index is 5.38. The van der Waals surface area contributed by atoms with E-state index in [1.165, 1.54) is 0 Å². The Bertz CT molecular complexity index is 260. The molecule has 0 saturated heterocycles. The van der Waals surface area contributed by atoms with Gasteiger partial charge < -0.3 is 5.73 Å². The van der Waals surface area contributed by atoms with Crippen LogP contribution in [0.4, 0.5) is 0 Å². The van der Waals surface area contributed by atoms with Crippen molar-refractivity contribution in [2.45, 2.75) is 13.8 Å². The van der Waals surface area contributed by atoms with E-state index in [2.05, 4.69) is 6.58 Å². The summed E-state index contributed by atoms with van der Waals surface area (Å²) in [5.74, 6) is 0. The molecule has 13 heavy (non-hydrogen) atoms. The topological polar surface area (TPSA) is 26.0 Å². The fraction of sp³-hybridized carbons (Fsp3) is 0.167. The van der Waals surface area contributed by atoms with Gasteiger partial charge in [-0.25, -0.2) is 0 Å². The molecular weight excluding hydrogens is 158 g/mol. The maximum atomic E-state index is 5.38. The van der Waals surface area contributed by atoms with Gasteiger partial charge in [0.05, 0.1) is 0 Å². The molecule has 0 atom stereocenters. The Morgan fingerprint density at radius 1 is 1.23 bits per heavy atom. The number of rotatable bonds is 2. The standard InChI is InChI=1S/C10H11N.C2H6/c1-2-9(8-11)10-6-4-3-5-7-10;1-2/h2-8H,1,11H2;1-2H3/b9-8+;. The van der Waals surface area contributed by atoms with Gasteiger partial charge in [-0.15, -0.1) is 0 Å². The second kappa shape index (κ2) is 7.17. The molecule has 0 aliphatic heterocycles. The fourth-order valence-electron chi connectivity index (χ4n) is 0.913. The van der Waals surface area contributed by atoms with Crippen molar-refractivity contribution in [1.82, 2.24) is 0 Å². The molecule has 1 heteroatoms. The van der Waals surface area contributed by atoms with Gasteiger partial charge in [0.25, 0.3) is 0 Å². The molecule has 0 unspecified atom stereocenters. The Kier molecular flexibility index (Phi) is 6.34. The van der Waals surface area contributed by atoms with Crippen LogP contribution in [-0.4, -0.2) is 0 Å². The summed E-state index contributed by atoms with van der Waals surface area (Å²) in [6, 6.07) is 9.92. The molecule has 0 radical (unpaired) electrons.